The van der Waals surface area contributed by atoms with E-state index in [4.69, 9.17) is 9.47 Å². The summed E-state index contributed by atoms with van der Waals surface area (Å²) in [6.45, 7) is 6.10. The van der Waals surface area contributed by atoms with Crippen molar-refractivity contribution in [1.29, 1.82) is 5.26 Å². The van der Waals surface area contributed by atoms with Crippen LogP contribution in [0, 0.1) is 17.2 Å². The number of methoxy groups -OCH3 is 1. The number of carbonyl (C=O) groups excluding carboxylic acids is 3. The van der Waals surface area contributed by atoms with E-state index < -0.39 is 36.0 Å². The number of hydrogen-bond donors (Lipinski definition) is 2. The first-order chi connectivity index (χ1) is 13.6. The summed E-state index contributed by atoms with van der Waals surface area (Å²) >= 11 is 0. The van der Waals surface area contributed by atoms with Crippen molar-refractivity contribution in [2.75, 3.05) is 13.7 Å². The second-order valence-electron chi connectivity index (χ2n) is 6.96. The van der Waals surface area contributed by atoms with Gasteiger partial charge < -0.3 is 20.1 Å². The van der Waals surface area contributed by atoms with E-state index in [9.17, 15) is 19.6 Å². The van der Waals surface area contributed by atoms with Crippen LogP contribution in [-0.4, -0.2) is 43.1 Å². The van der Waals surface area contributed by atoms with Crippen molar-refractivity contribution in [3.63, 3.8) is 0 Å². The highest BCUT2D eigenvalue weighted by molar-refractivity contribution is 5.94. The van der Waals surface area contributed by atoms with Crippen LogP contribution in [0.3, 0.4) is 0 Å². The Balaban J connectivity index is 2.48. The molecule has 0 spiro atoms. The van der Waals surface area contributed by atoms with Gasteiger partial charge in [0.2, 0.25) is 5.91 Å². The summed E-state index contributed by atoms with van der Waals surface area (Å²) < 4.78 is 9.97. The third kappa shape index (κ3) is 7.66. The highest BCUT2D eigenvalue weighted by Gasteiger charge is 2.30. The van der Waals surface area contributed by atoms with Gasteiger partial charge in [0.15, 0.2) is 6.61 Å². The lowest BCUT2D eigenvalue weighted by Crippen LogP contribution is -2.50. The minimum atomic E-state index is -1.06. The molecular formula is C21H27N3O5. The Morgan fingerprint density at radius 2 is 1.83 bits per heavy atom. The molecule has 1 aromatic rings. The summed E-state index contributed by atoms with van der Waals surface area (Å²) in [7, 11) is 1.56. The first-order valence-electron chi connectivity index (χ1n) is 9.12. The average molecular weight is 401 g/mol. The second kappa shape index (κ2) is 10.9. The van der Waals surface area contributed by atoms with E-state index in [0.29, 0.717) is 5.75 Å². The minimum Gasteiger partial charge on any atom is -0.497 e. The van der Waals surface area contributed by atoms with Crippen molar-refractivity contribution in [3.8, 4) is 11.8 Å². The number of ether oxygens (including phenoxy) is 2. The third-order valence-corrected chi connectivity index (χ3v) is 4.39. The molecule has 2 amide bonds. The zero-order valence-corrected chi connectivity index (χ0v) is 17.3. The van der Waals surface area contributed by atoms with Crippen molar-refractivity contribution in [3.05, 3.63) is 35.9 Å². The zero-order chi connectivity index (χ0) is 22.0. The van der Waals surface area contributed by atoms with Gasteiger partial charge in [0.05, 0.1) is 13.2 Å². The molecule has 0 saturated heterocycles. The van der Waals surface area contributed by atoms with E-state index in [1.54, 1.807) is 58.2 Å². The van der Waals surface area contributed by atoms with Crippen LogP contribution in [0.25, 0.3) is 6.08 Å². The fourth-order valence-electron chi connectivity index (χ4n) is 2.10. The normalized spacial score (nSPS) is 13.8. The molecule has 0 unspecified atom stereocenters. The topological polar surface area (TPSA) is 118 Å². The molecule has 0 fully saturated rings. The largest absolute Gasteiger partial charge is 0.497 e. The fraction of sp³-hybridized carbons (Fsp3) is 0.429. The van der Waals surface area contributed by atoms with E-state index in [1.165, 1.54) is 13.0 Å². The van der Waals surface area contributed by atoms with Crippen molar-refractivity contribution in [2.24, 2.45) is 5.92 Å². The number of nitrogens with one attached hydrogen (secondary N) is 2. The van der Waals surface area contributed by atoms with E-state index in [1.807, 2.05) is 6.07 Å². The molecule has 8 heteroatoms. The predicted molar refractivity (Wildman–Crippen MR) is 108 cm³/mol. The fourth-order valence-corrected chi connectivity index (χ4v) is 2.10. The van der Waals surface area contributed by atoms with Crippen LogP contribution < -0.4 is 15.4 Å². The number of carbonyl (C=O) groups is 3. The van der Waals surface area contributed by atoms with Crippen LogP contribution in [0.15, 0.2) is 30.3 Å². The molecule has 2 N–H and O–H groups in total. The van der Waals surface area contributed by atoms with Gasteiger partial charge in [-0.05, 0) is 43.5 Å². The summed E-state index contributed by atoms with van der Waals surface area (Å²) in [6, 6.07) is 8.19. The van der Waals surface area contributed by atoms with E-state index in [2.05, 4.69) is 10.6 Å². The molecule has 8 nitrogen and oxygen atoms in total. The number of hydrogen-bond acceptors (Lipinski definition) is 6. The summed E-state index contributed by atoms with van der Waals surface area (Å²) in [5.41, 5.74) is -0.270. The van der Waals surface area contributed by atoms with Gasteiger partial charge in [-0.2, -0.15) is 5.26 Å². The van der Waals surface area contributed by atoms with Gasteiger partial charge in [-0.1, -0.05) is 26.0 Å². The molecule has 29 heavy (non-hydrogen) atoms. The van der Waals surface area contributed by atoms with Gasteiger partial charge in [0.25, 0.3) is 5.91 Å². The van der Waals surface area contributed by atoms with Gasteiger partial charge in [-0.15, -0.1) is 0 Å². The second-order valence-corrected chi connectivity index (χ2v) is 6.96. The van der Waals surface area contributed by atoms with Crippen LogP contribution in [0.5, 0.6) is 5.75 Å². The van der Waals surface area contributed by atoms with Gasteiger partial charge >= 0.3 is 5.97 Å². The van der Waals surface area contributed by atoms with Gasteiger partial charge in [-0.3, -0.25) is 9.59 Å². The Labute approximate surface area is 170 Å². The molecule has 0 radical (unpaired) electrons. The van der Waals surface area contributed by atoms with Crippen molar-refractivity contribution in [1.82, 2.24) is 10.6 Å². The van der Waals surface area contributed by atoms with Crippen LogP contribution >= 0.6 is 0 Å². The summed E-state index contributed by atoms with van der Waals surface area (Å²) in [5, 5.41) is 14.2. The van der Waals surface area contributed by atoms with Crippen LogP contribution in [0.2, 0.25) is 0 Å². The smallest absolute Gasteiger partial charge is 0.328 e. The molecule has 0 aromatic heterocycles. The molecule has 0 aliphatic heterocycles. The lowest BCUT2D eigenvalue weighted by Gasteiger charge is -2.27. The maximum atomic E-state index is 12.0. The molecule has 2 atom stereocenters. The first-order valence-corrected chi connectivity index (χ1v) is 9.12. The van der Waals surface area contributed by atoms with E-state index in [0.717, 1.165) is 5.56 Å². The number of amides is 2. The molecule has 156 valence electrons. The maximum Gasteiger partial charge on any atom is 0.328 e. The summed E-state index contributed by atoms with van der Waals surface area (Å²) in [4.78, 5) is 35.9. The van der Waals surface area contributed by atoms with Crippen LogP contribution in [-0.2, 0) is 19.1 Å². The quantitative estimate of drug-likeness (QED) is 0.481. The summed E-state index contributed by atoms with van der Waals surface area (Å²) in [5.74, 6) is -1.24. The Morgan fingerprint density at radius 3 is 2.34 bits per heavy atom. The minimum absolute atomic E-state index is 0.122. The molecule has 0 bridgehead atoms. The van der Waals surface area contributed by atoms with Gasteiger partial charge in [0.1, 0.15) is 17.3 Å². The highest BCUT2D eigenvalue weighted by atomic mass is 16.5. The van der Waals surface area contributed by atoms with E-state index >= 15 is 0 Å². The van der Waals surface area contributed by atoms with Crippen molar-refractivity contribution < 1.29 is 23.9 Å². The number of nitrogens with zero attached hydrogens (tertiary/aromatic N) is 1. The standard InChI is InChI=1S/C21H27N3O5/c1-14(2)21(4,13-22)24-19(26)12-29-20(27)15(3)23-18(25)11-8-16-6-9-17(28-5)10-7-16/h6-11,14-15H,12H2,1-5H3,(H,23,25)(H,24,26)/b11-8+/t15-,21+/m0/s1. The Hall–Kier alpha value is -3.34. The average Bonchev–Trinajstić information content (AvgIpc) is 2.70. The third-order valence-electron chi connectivity index (χ3n) is 4.39. The zero-order valence-electron chi connectivity index (χ0n) is 17.3. The number of rotatable bonds is 9. The Morgan fingerprint density at radius 1 is 1.21 bits per heavy atom. The van der Waals surface area contributed by atoms with Crippen LogP contribution in [0.1, 0.15) is 33.3 Å². The molecular weight excluding hydrogens is 374 g/mol. The molecule has 0 heterocycles. The monoisotopic (exact) mass is 401 g/mol. The Kier molecular flexibility index (Phi) is 8.87. The van der Waals surface area contributed by atoms with Crippen molar-refractivity contribution >= 4 is 23.9 Å². The maximum absolute atomic E-state index is 12.0. The number of nitriles is 1. The lowest BCUT2D eigenvalue weighted by atomic mass is 9.90. The SMILES string of the molecule is COc1ccc(/C=C/C(=O)N[C@@H](C)C(=O)OCC(=O)N[C@](C)(C#N)C(C)C)cc1. The molecule has 0 aliphatic carbocycles. The van der Waals surface area contributed by atoms with Crippen LogP contribution in [0.4, 0.5) is 0 Å². The first kappa shape index (κ1) is 23.7. The van der Waals surface area contributed by atoms with Crippen molar-refractivity contribution in [2.45, 2.75) is 39.3 Å². The number of benzene rings is 1. The van der Waals surface area contributed by atoms with Gasteiger partial charge in [-0.25, -0.2) is 4.79 Å². The summed E-state index contributed by atoms with van der Waals surface area (Å²) in [6.07, 6.45) is 2.88. The molecule has 1 aromatic carbocycles. The lowest BCUT2D eigenvalue weighted by molar-refractivity contribution is -0.151. The highest BCUT2D eigenvalue weighted by Crippen LogP contribution is 2.15. The molecule has 1 rings (SSSR count). The number of esters is 1. The molecule has 0 aliphatic rings. The Bertz CT molecular complexity index is 796. The van der Waals surface area contributed by atoms with E-state index in [-0.39, 0.29) is 5.92 Å². The molecule has 0 saturated carbocycles. The predicted octanol–water partition coefficient (Wildman–Crippen LogP) is 1.81. The van der Waals surface area contributed by atoms with Gasteiger partial charge in [0, 0.05) is 6.08 Å².